The van der Waals surface area contributed by atoms with Crippen molar-refractivity contribution in [2.75, 3.05) is 0 Å². The van der Waals surface area contributed by atoms with Gasteiger partial charge in [-0.3, -0.25) is 9.59 Å². The average molecular weight is 317 g/mol. The number of Topliss-reactive ketones (excluding diaryl/α,β-unsaturated/α-hetero) is 2. The van der Waals surface area contributed by atoms with Crippen molar-refractivity contribution in [2.45, 2.75) is 25.2 Å². The molecule has 0 radical (unpaired) electrons. The number of benzene rings is 1. The van der Waals surface area contributed by atoms with Crippen LogP contribution in [0.2, 0.25) is 0 Å². The molecule has 1 aromatic heterocycles. The maximum absolute atomic E-state index is 13.0. The molecule has 3 aliphatic rings. The maximum Gasteiger partial charge on any atom is 0.192 e. The summed E-state index contributed by atoms with van der Waals surface area (Å²) in [6.07, 6.45) is 3.79. The summed E-state index contributed by atoms with van der Waals surface area (Å²) in [7, 11) is 0. The van der Waals surface area contributed by atoms with Crippen LogP contribution in [-0.2, 0) is 4.79 Å². The molecule has 0 amide bonds. The molecule has 0 bridgehead atoms. The first-order valence-electron chi connectivity index (χ1n) is 8.20. The van der Waals surface area contributed by atoms with Gasteiger partial charge in [-0.15, -0.1) is 0 Å². The highest BCUT2D eigenvalue weighted by Gasteiger charge is 2.44. The van der Waals surface area contributed by atoms with Crippen molar-refractivity contribution in [3.8, 4) is 0 Å². The molecule has 0 spiro atoms. The van der Waals surface area contributed by atoms with E-state index in [1.165, 1.54) is 0 Å². The Balaban J connectivity index is 1.77. The summed E-state index contributed by atoms with van der Waals surface area (Å²) in [5.74, 6) is 0.353. The molecule has 0 unspecified atom stereocenters. The summed E-state index contributed by atoms with van der Waals surface area (Å²) in [4.78, 5) is 25.7. The lowest BCUT2D eigenvalue weighted by atomic mass is 9.77. The molecule has 1 N–H and O–H groups in total. The largest absolute Gasteiger partial charge is 0.468 e. The van der Waals surface area contributed by atoms with E-state index in [1.807, 2.05) is 30.3 Å². The average Bonchev–Trinajstić information content (AvgIpc) is 3.22. The summed E-state index contributed by atoms with van der Waals surface area (Å²) >= 11 is 0. The number of hydrogen-bond donors (Lipinski definition) is 1. The van der Waals surface area contributed by atoms with Gasteiger partial charge in [0.1, 0.15) is 5.76 Å². The van der Waals surface area contributed by atoms with Crippen LogP contribution in [0.25, 0.3) is 5.70 Å². The SMILES string of the molecule is O=C1CCCC2=C1[C@H](c1ccco1)C1=C(N2)c2ccccc2C1=O. The lowest BCUT2D eigenvalue weighted by Gasteiger charge is -2.31. The Morgan fingerprint density at radius 3 is 2.58 bits per heavy atom. The van der Waals surface area contributed by atoms with Crippen LogP contribution in [0.5, 0.6) is 0 Å². The molecule has 1 aliphatic heterocycles. The second kappa shape index (κ2) is 4.81. The van der Waals surface area contributed by atoms with Crippen LogP contribution in [0.4, 0.5) is 0 Å². The number of allylic oxidation sites excluding steroid dienone is 3. The van der Waals surface area contributed by atoms with Crippen LogP contribution in [-0.4, -0.2) is 11.6 Å². The number of ketones is 2. The first-order valence-corrected chi connectivity index (χ1v) is 8.20. The van der Waals surface area contributed by atoms with Crippen molar-refractivity contribution in [3.05, 3.63) is 76.4 Å². The van der Waals surface area contributed by atoms with Gasteiger partial charge in [-0.25, -0.2) is 0 Å². The quantitative estimate of drug-likeness (QED) is 0.873. The Kier molecular flexibility index (Phi) is 2.71. The van der Waals surface area contributed by atoms with Gasteiger partial charge >= 0.3 is 0 Å². The van der Waals surface area contributed by atoms with E-state index >= 15 is 0 Å². The third-order valence-electron chi connectivity index (χ3n) is 5.09. The first-order chi connectivity index (χ1) is 11.8. The molecule has 2 aliphatic carbocycles. The standard InChI is InChI=1S/C20H15NO3/c22-14-8-3-7-13-16(14)17(15-9-4-10-24-15)18-19(21-13)11-5-1-2-6-12(11)20(18)23/h1-2,4-6,9-10,17,21H,3,7-8H2/t17-/m0/s1. The van der Waals surface area contributed by atoms with Gasteiger partial charge in [-0.2, -0.15) is 0 Å². The van der Waals surface area contributed by atoms with E-state index in [0.29, 0.717) is 28.9 Å². The molecule has 2 aromatic rings. The number of hydrogen-bond acceptors (Lipinski definition) is 4. The molecule has 1 atom stereocenters. The Hall–Kier alpha value is -2.88. The number of carbonyl (C=O) groups is 2. The minimum absolute atomic E-state index is 0.0144. The highest BCUT2D eigenvalue weighted by molar-refractivity contribution is 6.23. The first kappa shape index (κ1) is 13.5. The molecule has 5 rings (SSSR count). The molecule has 0 saturated carbocycles. The van der Waals surface area contributed by atoms with Gasteiger partial charge in [0.2, 0.25) is 0 Å². The molecular weight excluding hydrogens is 302 g/mol. The third-order valence-corrected chi connectivity index (χ3v) is 5.09. The zero-order valence-corrected chi connectivity index (χ0v) is 13.0. The number of dihydropyridines is 1. The number of carbonyl (C=O) groups excluding carboxylic acids is 2. The highest BCUT2D eigenvalue weighted by atomic mass is 16.3. The van der Waals surface area contributed by atoms with E-state index < -0.39 is 5.92 Å². The summed E-state index contributed by atoms with van der Waals surface area (Å²) in [5, 5.41) is 3.40. The van der Waals surface area contributed by atoms with E-state index in [1.54, 1.807) is 12.3 Å². The molecule has 24 heavy (non-hydrogen) atoms. The van der Waals surface area contributed by atoms with Gasteiger partial charge in [0.25, 0.3) is 0 Å². The van der Waals surface area contributed by atoms with Crippen LogP contribution in [0.1, 0.15) is 46.9 Å². The molecule has 4 nitrogen and oxygen atoms in total. The lowest BCUT2D eigenvalue weighted by molar-refractivity contribution is -0.116. The van der Waals surface area contributed by atoms with Crippen molar-refractivity contribution in [3.63, 3.8) is 0 Å². The Bertz CT molecular complexity index is 947. The normalized spacial score (nSPS) is 22.2. The van der Waals surface area contributed by atoms with Crippen molar-refractivity contribution in [2.24, 2.45) is 0 Å². The van der Waals surface area contributed by atoms with Crippen LogP contribution < -0.4 is 5.32 Å². The zero-order chi connectivity index (χ0) is 16.3. The number of fused-ring (bicyclic) bond motifs is 2. The second-order valence-electron chi connectivity index (χ2n) is 6.41. The van der Waals surface area contributed by atoms with E-state index in [2.05, 4.69) is 5.32 Å². The van der Waals surface area contributed by atoms with Crippen LogP contribution in [0.15, 0.2) is 63.9 Å². The van der Waals surface area contributed by atoms with Crippen LogP contribution >= 0.6 is 0 Å². The van der Waals surface area contributed by atoms with Gasteiger partial charge in [0.05, 0.1) is 17.9 Å². The van der Waals surface area contributed by atoms with Crippen LogP contribution in [0.3, 0.4) is 0 Å². The Morgan fingerprint density at radius 1 is 0.958 bits per heavy atom. The van der Waals surface area contributed by atoms with Gasteiger partial charge in [-0.1, -0.05) is 24.3 Å². The predicted molar refractivity (Wildman–Crippen MR) is 88.2 cm³/mol. The summed E-state index contributed by atoms with van der Waals surface area (Å²) in [6.45, 7) is 0. The lowest BCUT2D eigenvalue weighted by Crippen LogP contribution is -2.31. The summed E-state index contributed by atoms with van der Waals surface area (Å²) in [5.41, 5.74) is 4.73. The fourth-order valence-electron chi connectivity index (χ4n) is 4.08. The zero-order valence-electron chi connectivity index (χ0n) is 13.0. The van der Waals surface area contributed by atoms with Gasteiger partial charge in [0.15, 0.2) is 11.6 Å². The monoisotopic (exact) mass is 317 g/mol. The third kappa shape index (κ3) is 1.68. The molecule has 1 aromatic carbocycles. The number of furan rings is 1. The van der Waals surface area contributed by atoms with Gasteiger partial charge in [0, 0.05) is 34.4 Å². The summed E-state index contributed by atoms with van der Waals surface area (Å²) in [6, 6.07) is 11.3. The number of nitrogens with one attached hydrogen (secondary N) is 1. The topological polar surface area (TPSA) is 59.3 Å². The minimum Gasteiger partial charge on any atom is -0.468 e. The molecule has 118 valence electrons. The maximum atomic E-state index is 13.0. The molecule has 0 saturated heterocycles. The fourth-order valence-corrected chi connectivity index (χ4v) is 4.08. The molecule has 0 fully saturated rings. The number of rotatable bonds is 1. The van der Waals surface area contributed by atoms with E-state index in [4.69, 9.17) is 4.42 Å². The molecular formula is C20H15NO3. The van der Waals surface area contributed by atoms with Gasteiger partial charge in [-0.05, 0) is 25.0 Å². The van der Waals surface area contributed by atoms with Crippen molar-refractivity contribution >= 4 is 17.3 Å². The summed E-state index contributed by atoms with van der Waals surface area (Å²) < 4.78 is 5.63. The predicted octanol–water partition coefficient (Wildman–Crippen LogP) is 3.58. The fraction of sp³-hybridized carbons (Fsp3) is 0.200. The van der Waals surface area contributed by atoms with E-state index in [0.717, 1.165) is 29.8 Å². The molecule has 2 heterocycles. The van der Waals surface area contributed by atoms with E-state index in [9.17, 15) is 9.59 Å². The Labute approximate surface area is 138 Å². The van der Waals surface area contributed by atoms with Crippen molar-refractivity contribution < 1.29 is 14.0 Å². The van der Waals surface area contributed by atoms with Crippen molar-refractivity contribution in [1.29, 1.82) is 0 Å². The Morgan fingerprint density at radius 2 is 1.79 bits per heavy atom. The highest BCUT2D eigenvalue weighted by Crippen LogP contribution is 2.48. The minimum atomic E-state index is -0.404. The smallest absolute Gasteiger partial charge is 0.192 e. The van der Waals surface area contributed by atoms with E-state index in [-0.39, 0.29) is 11.6 Å². The van der Waals surface area contributed by atoms with Gasteiger partial charge < -0.3 is 9.73 Å². The molecule has 4 heteroatoms. The second-order valence-corrected chi connectivity index (χ2v) is 6.41. The van der Waals surface area contributed by atoms with Crippen molar-refractivity contribution in [1.82, 2.24) is 5.32 Å². The van der Waals surface area contributed by atoms with Crippen LogP contribution in [0, 0.1) is 0 Å².